The Morgan fingerprint density at radius 3 is 2.58 bits per heavy atom. The lowest BCUT2D eigenvalue weighted by molar-refractivity contribution is -0.133. The van der Waals surface area contributed by atoms with Crippen LogP contribution in [-0.4, -0.2) is 72.8 Å². The quantitative estimate of drug-likeness (QED) is 0.652. The van der Waals surface area contributed by atoms with E-state index in [2.05, 4.69) is 15.5 Å². The van der Waals surface area contributed by atoms with Crippen LogP contribution in [0.25, 0.3) is 0 Å². The van der Waals surface area contributed by atoms with Gasteiger partial charge in [-0.3, -0.25) is 19.3 Å². The molecule has 0 bridgehead atoms. The van der Waals surface area contributed by atoms with Crippen molar-refractivity contribution in [2.45, 2.75) is 31.7 Å². The highest BCUT2D eigenvalue weighted by molar-refractivity contribution is 7.12. The van der Waals surface area contributed by atoms with Crippen LogP contribution < -0.4 is 10.6 Å². The monoisotopic (exact) mass is 378 g/mol. The number of thiophene rings is 1. The lowest BCUT2D eigenvalue weighted by Crippen LogP contribution is -2.51. The Morgan fingerprint density at radius 2 is 1.92 bits per heavy atom. The molecule has 0 radical (unpaired) electrons. The van der Waals surface area contributed by atoms with Crippen molar-refractivity contribution in [3.05, 3.63) is 22.4 Å². The summed E-state index contributed by atoms with van der Waals surface area (Å²) < 4.78 is 0. The lowest BCUT2D eigenvalue weighted by Gasteiger charge is -2.34. The van der Waals surface area contributed by atoms with Gasteiger partial charge in [0.2, 0.25) is 11.8 Å². The summed E-state index contributed by atoms with van der Waals surface area (Å²) in [5.41, 5.74) is 0. The predicted molar refractivity (Wildman–Crippen MR) is 100 cm³/mol. The molecule has 2 aliphatic rings. The van der Waals surface area contributed by atoms with E-state index >= 15 is 0 Å². The molecule has 1 aliphatic heterocycles. The molecular weight excluding hydrogens is 352 g/mol. The SMILES string of the molecule is O=C(CN1CCN(C(=O)CCCNC(=O)c2cccs2)CC1)NC1CC1. The zero-order chi connectivity index (χ0) is 18.4. The van der Waals surface area contributed by atoms with Gasteiger partial charge < -0.3 is 15.5 Å². The molecule has 2 N–H and O–H groups in total. The highest BCUT2D eigenvalue weighted by Gasteiger charge is 2.26. The summed E-state index contributed by atoms with van der Waals surface area (Å²) in [6.07, 6.45) is 3.27. The summed E-state index contributed by atoms with van der Waals surface area (Å²) in [5, 5.41) is 7.70. The highest BCUT2D eigenvalue weighted by atomic mass is 32.1. The summed E-state index contributed by atoms with van der Waals surface area (Å²) in [4.78, 5) is 40.6. The van der Waals surface area contributed by atoms with Crippen LogP contribution >= 0.6 is 11.3 Å². The number of nitrogens with one attached hydrogen (secondary N) is 2. The first-order chi connectivity index (χ1) is 12.6. The topological polar surface area (TPSA) is 81.8 Å². The molecule has 8 heteroatoms. The standard InChI is InChI=1S/C18H26N4O3S/c23-16(20-14-5-6-14)13-21-8-10-22(11-9-21)17(24)4-1-7-19-18(25)15-3-2-12-26-15/h2-3,12,14H,1,4-11,13H2,(H,19,25)(H,20,23). The molecule has 1 aliphatic carbocycles. The van der Waals surface area contributed by atoms with E-state index in [4.69, 9.17) is 0 Å². The molecule has 0 atom stereocenters. The minimum Gasteiger partial charge on any atom is -0.352 e. The Kier molecular flexibility index (Phi) is 6.62. The van der Waals surface area contributed by atoms with Gasteiger partial charge in [-0.2, -0.15) is 0 Å². The van der Waals surface area contributed by atoms with Gasteiger partial charge >= 0.3 is 0 Å². The molecule has 1 saturated carbocycles. The Morgan fingerprint density at radius 1 is 1.15 bits per heavy atom. The van der Waals surface area contributed by atoms with Crippen molar-refractivity contribution in [1.29, 1.82) is 0 Å². The zero-order valence-electron chi connectivity index (χ0n) is 14.9. The molecule has 26 heavy (non-hydrogen) atoms. The number of nitrogens with zero attached hydrogens (tertiary/aromatic N) is 2. The third-order valence-electron chi connectivity index (χ3n) is 4.63. The maximum atomic E-state index is 12.3. The fourth-order valence-corrected chi connectivity index (χ4v) is 3.59. The van der Waals surface area contributed by atoms with Crippen LogP contribution in [0, 0.1) is 0 Å². The number of rotatable bonds is 8. The number of amides is 3. The maximum absolute atomic E-state index is 12.3. The molecular formula is C18H26N4O3S. The number of hydrogen-bond donors (Lipinski definition) is 2. The molecule has 2 heterocycles. The summed E-state index contributed by atoms with van der Waals surface area (Å²) in [6, 6.07) is 4.03. The average Bonchev–Trinajstić information content (AvgIpc) is 3.26. The van der Waals surface area contributed by atoms with Crippen LogP contribution in [0.15, 0.2) is 17.5 Å². The van der Waals surface area contributed by atoms with Crippen molar-refractivity contribution >= 4 is 29.1 Å². The van der Waals surface area contributed by atoms with E-state index in [-0.39, 0.29) is 17.7 Å². The van der Waals surface area contributed by atoms with E-state index in [0.717, 1.165) is 25.9 Å². The molecule has 3 amide bonds. The van der Waals surface area contributed by atoms with Gasteiger partial charge in [-0.25, -0.2) is 0 Å². The first-order valence-electron chi connectivity index (χ1n) is 9.23. The first kappa shape index (κ1) is 18.8. The largest absolute Gasteiger partial charge is 0.352 e. The van der Waals surface area contributed by atoms with E-state index in [1.807, 2.05) is 16.3 Å². The molecule has 1 aromatic rings. The maximum Gasteiger partial charge on any atom is 0.261 e. The molecule has 2 fully saturated rings. The van der Waals surface area contributed by atoms with Gasteiger partial charge in [-0.1, -0.05) is 6.07 Å². The van der Waals surface area contributed by atoms with Crippen LogP contribution in [-0.2, 0) is 9.59 Å². The summed E-state index contributed by atoms with van der Waals surface area (Å²) in [6.45, 7) is 3.73. The third kappa shape index (κ3) is 5.81. The predicted octanol–water partition coefficient (Wildman–Crippen LogP) is 0.681. The van der Waals surface area contributed by atoms with Crippen molar-refractivity contribution < 1.29 is 14.4 Å². The zero-order valence-corrected chi connectivity index (χ0v) is 15.7. The van der Waals surface area contributed by atoms with Crippen molar-refractivity contribution in [2.24, 2.45) is 0 Å². The van der Waals surface area contributed by atoms with Gasteiger partial charge in [0.1, 0.15) is 0 Å². The number of hydrogen-bond acceptors (Lipinski definition) is 5. The number of piperazine rings is 1. The molecule has 7 nitrogen and oxygen atoms in total. The van der Waals surface area contributed by atoms with E-state index in [9.17, 15) is 14.4 Å². The second-order valence-corrected chi connectivity index (χ2v) is 7.78. The van der Waals surface area contributed by atoms with Crippen molar-refractivity contribution in [3.8, 4) is 0 Å². The van der Waals surface area contributed by atoms with Gasteiger partial charge in [0.05, 0.1) is 11.4 Å². The van der Waals surface area contributed by atoms with E-state index in [0.29, 0.717) is 49.9 Å². The van der Waals surface area contributed by atoms with E-state index in [1.54, 1.807) is 6.07 Å². The van der Waals surface area contributed by atoms with Gasteiger partial charge in [0, 0.05) is 45.2 Å². The Hall–Kier alpha value is -1.93. The van der Waals surface area contributed by atoms with E-state index < -0.39 is 0 Å². The molecule has 0 unspecified atom stereocenters. The minimum atomic E-state index is -0.0782. The lowest BCUT2D eigenvalue weighted by atomic mass is 10.2. The number of carbonyl (C=O) groups excluding carboxylic acids is 3. The average molecular weight is 378 g/mol. The fourth-order valence-electron chi connectivity index (χ4n) is 2.95. The number of carbonyl (C=O) groups is 3. The molecule has 0 aromatic carbocycles. The van der Waals surface area contributed by atoms with Crippen LogP contribution in [0.3, 0.4) is 0 Å². The van der Waals surface area contributed by atoms with Crippen LogP contribution in [0.2, 0.25) is 0 Å². The highest BCUT2D eigenvalue weighted by Crippen LogP contribution is 2.18. The smallest absolute Gasteiger partial charge is 0.261 e. The minimum absolute atomic E-state index is 0.0782. The fraction of sp³-hybridized carbons (Fsp3) is 0.611. The van der Waals surface area contributed by atoms with Gasteiger partial charge in [-0.05, 0) is 30.7 Å². The normalized spacial score (nSPS) is 17.8. The van der Waals surface area contributed by atoms with Crippen molar-refractivity contribution in [2.75, 3.05) is 39.3 Å². The molecule has 1 aromatic heterocycles. The Balaban J connectivity index is 1.27. The molecule has 142 valence electrons. The second-order valence-electron chi connectivity index (χ2n) is 6.84. The third-order valence-corrected chi connectivity index (χ3v) is 5.50. The Labute approximate surface area is 157 Å². The molecule has 3 rings (SSSR count). The van der Waals surface area contributed by atoms with Crippen LogP contribution in [0.1, 0.15) is 35.4 Å². The Bertz CT molecular complexity index is 622. The van der Waals surface area contributed by atoms with E-state index in [1.165, 1.54) is 11.3 Å². The van der Waals surface area contributed by atoms with Crippen molar-refractivity contribution in [3.63, 3.8) is 0 Å². The second kappa shape index (κ2) is 9.14. The van der Waals surface area contributed by atoms with Gasteiger partial charge in [0.15, 0.2) is 0 Å². The molecule has 1 saturated heterocycles. The molecule has 0 spiro atoms. The summed E-state index contributed by atoms with van der Waals surface area (Å²) >= 11 is 1.41. The van der Waals surface area contributed by atoms with Gasteiger partial charge in [-0.15, -0.1) is 11.3 Å². The van der Waals surface area contributed by atoms with Crippen LogP contribution in [0.4, 0.5) is 0 Å². The summed E-state index contributed by atoms with van der Waals surface area (Å²) in [5.74, 6) is 0.136. The van der Waals surface area contributed by atoms with Crippen LogP contribution in [0.5, 0.6) is 0 Å². The first-order valence-corrected chi connectivity index (χ1v) is 10.1. The van der Waals surface area contributed by atoms with Gasteiger partial charge in [0.25, 0.3) is 5.91 Å². The van der Waals surface area contributed by atoms with Crippen molar-refractivity contribution in [1.82, 2.24) is 20.4 Å². The summed E-state index contributed by atoms with van der Waals surface area (Å²) in [7, 11) is 0.